The maximum atomic E-state index is 14.0. The summed E-state index contributed by atoms with van der Waals surface area (Å²) in [6.07, 6.45) is -4.34. The first kappa shape index (κ1) is 19.9. The number of hydrogen-bond donors (Lipinski definition) is 1. The Labute approximate surface area is 137 Å². The van der Waals surface area contributed by atoms with Gasteiger partial charge < -0.3 is 10.1 Å². The van der Waals surface area contributed by atoms with Crippen molar-refractivity contribution < 1.29 is 31.9 Å². The van der Waals surface area contributed by atoms with Gasteiger partial charge in [-0.3, -0.25) is 4.79 Å². The van der Waals surface area contributed by atoms with E-state index in [0.29, 0.717) is 12.5 Å². The summed E-state index contributed by atoms with van der Waals surface area (Å²) in [4.78, 5) is 24.0. The van der Waals surface area contributed by atoms with Crippen LogP contribution in [-0.4, -0.2) is 24.5 Å². The normalized spacial score (nSPS) is 12.8. The van der Waals surface area contributed by atoms with Crippen LogP contribution in [0.2, 0.25) is 0 Å². The zero-order valence-electron chi connectivity index (χ0n) is 13.5. The highest BCUT2D eigenvalue weighted by Crippen LogP contribution is 2.32. The lowest BCUT2D eigenvalue weighted by Crippen LogP contribution is -2.45. The van der Waals surface area contributed by atoms with Crippen LogP contribution in [0.25, 0.3) is 0 Å². The van der Waals surface area contributed by atoms with E-state index in [1.807, 2.05) is 0 Å². The summed E-state index contributed by atoms with van der Waals surface area (Å²) in [6, 6.07) is 1.31. The number of rotatable bonds is 6. The fraction of sp³-hybridized carbons (Fsp3) is 0.500. The van der Waals surface area contributed by atoms with Crippen molar-refractivity contribution in [3.05, 3.63) is 35.1 Å². The molecule has 1 aromatic rings. The van der Waals surface area contributed by atoms with Crippen molar-refractivity contribution in [2.24, 2.45) is 5.92 Å². The Balaban J connectivity index is 3.03. The molecule has 1 amide bonds. The van der Waals surface area contributed by atoms with Gasteiger partial charge in [0, 0.05) is 0 Å². The van der Waals surface area contributed by atoms with E-state index < -0.39 is 41.0 Å². The minimum atomic E-state index is -4.92. The van der Waals surface area contributed by atoms with Gasteiger partial charge in [0.2, 0.25) is 0 Å². The number of benzene rings is 1. The number of hydrogen-bond acceptors (Lipinski definition) is 3. The molecule has 1 aromatic carbocycles. The topological polar surface area (TPSA) is 55.4 Å². The number of alkyl halides is 3. The highest BCUT2D eigenvalue weighted by molar-refractivity contribution is 5.97. The number of ether oxygens (including phenoxy) is 1. The quantitative estimate of drug-likeness (QED) is 0.631. The predicted molar refractivity (Wildman–Crippen MR) is 78.7 cm³/mol. The van der Waals surface area contributed by atoms with Gasteiger partial charge in [0.05, 0.1) is 17.7 Å². The van der Waals surface area contributed by atoms with Gasteiger partial charge in [0.25, 0.3) is 5.91 Å². The molecule has 0 fully saturated rings. The van der Waals surface area contributed by atoms with Crippen molar-refractivity contribution in [3.8, 4) is 0 Å². The lowest BCUT2D eigenvalue weighted by atomic mass is 10.0. The van der Waals surface area contributed by atoms with Crippen LogP contribution in [0.3, 0.4) is 0 Å². The van der Waals surface area contributed by atoms with Crippen LogP contribution in [0.4, 0.5) is 17.6 Å². The molecule has 0 aromatic heterocycles. The van der Waals surface area contributed by atoms with E-state index in [1.165, 1.54) is 0 Å². The molecule has 24 heavy (non-hydrogen) atoms. The van der Waals surface area contributed by atoms with E-state index in [1.54, 1.807) is 20.8 Å². The number of halogens is 4. The standard InChI is InChI=1S/C16H19F4NO3/c1-4-8-24-15(23)13(9(2)3)21-14(22)10-6-5-7-11(12(10)17)16(18,19)20/h5-7,9,13H,4,8H2,1-3H3,(H,21,22). The molecule has 4 nitrogen and oxygen atoms in total. The Morgan fingerprint density at radius 3 is 2.38 bits per heavy atom. The Morgan fingerprint density at radius 2 is 1.88 bits per heavy atom. The van der Waals surface area contributed by atoms with E-state index in [4.69, 9.17) is 4.74 Å². The Hall–Kier alpha value is -2.12. The van der Waals surface area contributed by atoms with Gasteiger partial charge in [-0.1, -0.05) is 26.8 Å². The van der Waals surface area contributed by atoms with Crippen LogP contribution < -0.4 is 5.32 Å². The van der Waals surface area contributed by atoms with E-state index in [2.05, 4.69) is 5.32 Å². The van der Waals surface area contributed by atoms with E-state index in [9.17, 15) is 27.2 Å². The monoisotopic (exact) mass is 349 g/mol. The molecule has 0 saturated carbocycles. The molecule has 8 heteroatoms. The van der Waals surface area contributed by atoms with Crippen LogP contribution in [0, 0.1) is 11.7 Å². The number of nitrogens with one attached hydrogen (secondary N) is 1. The number of esters is 1. The molecule has 0 heterocycles. The average Bonchev–Trinajstić information content (AvgIpc) is 2.48. The van der Waals surface area contributed by atoms with Crippen molar-refractivity contribution in [2.75, 3.05) is 6.61 Å². The number of carbonyl (C=O) groups excluding carboxylic acids is 2. The van der Waals surface area contributed by atoms with Crippen LogP contribution >= 0.6 is 0 Å². The van der Waals surface area contributed by atoms with Crippen LogP contribution in [0.15, 0.2) is 18.2 Å². The van der Waals surface area contributed by atoms with Crippen molar-refractivity contribution in [2.45, 2.75) is 39.4 Å². The van der Waals surface area contributed by atoms with Gasteiger partial charge in [-0.05, 0) is 24.5 Å². The van der Waals surface area contributed by atoms with Gasteiger partial charge in [-0.2, -0.15) is 13.2 Å². The minimum Gasteiger partial charge on any atom is -0.464 e. The fourth-order valence-corrected chi connectivity index (χ4v) is 1.94. The third-order valence-electron chi connectivity index (χ3n) is 3.20. The summed E-state index contributed by atoms with van der Waals surface area (Å²) in [6.45, 7) is 5.19. The zero-order chi connectivity index (χ0) is 18.5. The van der Waals surface area contributed by atoms with Crippen molar-refractivity contribution in [3.63, 3.8) is 0 Å². The smallest absolute Gasteiger partial charge is 0.419 e. The summed E-state index contributed by atoms with van der Waals surface area (Å²) < 4.78 is 57.0. The molecular weight excluding hydrogens is 330 g/mol. The lowest BCUT2D eigenvalue weighted by molar-refractivity contribution is -0.147. The summed E-state index contributed by atoms with van der Waals surface area (Å²) in [7, 11) is 0. The Bertz CT molecular complexity index is 599. The molecule has 0 saturated heterocycles. The first-order valence-corrected chi connectivity index (χ1v) is 7.42. The second kappa shape index (κ2) is 8.12. The first-order valence-electron chi connectivity index (χ1n) is 7.42. The fourth-order valence-electron chi connectivity index (χ4n) is 1.94. The third kappa shape index (κ3) is 4.94. The SMILES string of the molecule is CCCOC(=O)C(NC(=O)c1cccc(C(F)(F)F)c1F)C(C)C. The largest absolute Gasteiger partial charge is 0.464 e. The number of carbonyl (C=O) groups is 2. The molecule has 0 spiro atoms. The van der Waals surface area contributed by atoms with Crippen LogP contribution in [-0.2, 0) is 15.7 Å². The van der Waals surface area contributed by atoms with Gasteiger partial charge in [0.15, 0.2) is 0 Å². The molecule has 0 aliphatic carbocycles. The molecule has 0 bridgehead atoms. The Kier molecular flexibility index (Phi) is 6.74. The van der Waals surface area contributed by atoms with Crippen molar-refractivity contribution in [1.82, 2.24) is 5.32 Å². The molecular formula is C16H19F4NO3. The van der Waals surface area contributed by atoms with E-state index >= 15 is 0 Å². The molecule has 1 atom stereocenters. The average molecular weight is 349 g/mol. The summed E-state index contributed by atoms with van der Waals surface area (Å²) >= 11 is 0. The molecule has 0 aliphatic rings. The Morgan fingerprint density at radius 1 is 1.25 bits per heavy atom. The van der Waals surface area contributed by atoms with Gasteiger partial charge in [-0.15, -0.1) is 0 Å². The van der Waals surface area contributed by atoms with Gasteiger partial charge >= 0.3 is 12.1 Å². The summed E-state index contributed by atoms with van der Waals surface area (Å²) in [5, 5.41) is 2.24. The van der Waals surface area contributed by atoms with E-state index in [0.717, 1.165) is 12.1 Å². The lowest BCUT2D eigenvalue weighted by Gasteiger charge is -2.21. The van der Waals surface area contributed by atoms with Crippen molar-refractivity contribution in [1.29, 1.82) is 0 Å². The zero-order valence-corrected chi connectivity index (χ0v) is 13.5. The molecule has 1 unspecified atom stereocenters. The number of amides is 1. The molecule has 134 valence electrons. The van der Waals surface area contributed by atoms with Gasteiger partial charge in [-0.25, -0.2) is 9.18 Å². The first-order chi connectivity index (χ1) is 11.1. The van der Waals surface area contributed by atoms with Gasteiger partial charge in [0.1, 0.15) is 11.9 Å². The second-order valence-electron chi connectivity index (χ2n) is 5.53. The van der Waals surface area contributed by atoms with E-state index in [-0.39, 0.29) is 12.5 Å². The maximum Gasteiger partial charge on any atom is 0.419 e. The highest BCUT2D eigenvalue weighted by Gasteiger charge is 2.36. The summed E-state index contributed by atoms with van der Waals surface area (Å²) in [5.41, 5.74) is -2.32. The van der Waals surface area contributed by atoms with Crippen LogP contribution in [0.1, 0.15) is 43.1 Å². The second-order valence-corrected chi connectivity index (χ2v) is 5.53. The molecule has 1 N–H and O–H groups in total. The third-order valence-corrected chi connectivity index (χ3v) is 3.20. The van der Waals surface area contributed by atoms with Crippen molar-refractivity contribution >= 4 is 11.9 Å². The molecule has 1 rings (SSSR count). The minimum absolute atomic E-state index is 0.149. The molecule has 0 radical (unpaired) electrons. The summed E-state index contributed by atoms with van der Waals surface area (Å²) in [5.74, 6) is -3.88. The predicted octanol–water partition coefficient (Wildman–Crippen LogP) is 3.55. The maximum absolute atomic E-state index is 14.0. The highest BCUT2D eigenvalue weighted by atomic mass is 19.4. The van der Waals surface area contributed by atoms with Crippen LogP contribution in [0.5, 0.6) is 0 Å². The molecule has 0 aliphatic heterocycles.